The van der Waals surface area contributed by atoms with Gasteiger partial charge in [0.2, 0.25) is 0 Å². The summed E-state index contributed by atoms with van der Waals surface area (Å²) in [5, 5.41) is 12.6. The number of para-hydroxylation sites is 1. The summed E-state index contributed by atoms with van der Waals surface area (Å²) in [5.41, 5.74) is 1.96. The molecular formula is C27H28F3N2O+. The summed E-state index contributed by atoms with van der Waals surface area (Å²) in [7, 11) is 0. The maximum Gasteiger partial charge on any atom is 0.416 e. The number of aromatic nitrogens is 1. The summed E-state index contributed by atoms with van der Waals surface area (Å²) in [4.78, 5) is 4.43. The van der Waals surface area contributed by atoms with Crippen LogP contribution in [0.4, 0.5) is 13.2 Å². The number of halogens is 3. The highest BCUT2D eigenvalue weighted by Crippen LogP contribution is 2.48. The molecule has 0 amide bonds. The van der Waals surface area contributed by atoms with Gasteiger partial charge in [-0.15, -0.1) is 6.58 Å². The Morgan fingerprint density at radius 2 is 1.88 bits per heavy atom. The Hall–Kier alpha value is -2.70. The quantitative estimate of drug-likeness (QED) is 0.386. The molecule has 3 aromatic rings. The van der Waals surface area contributed by atoms with E-state index in [-0.39, 0.29) is 6.04 Å². The van der Waals surface area contributed by atoms with Gasteiger partial charge < -0.3 is 9.59 Å². The molecule has 172 valence electrons. The van der Waals surface area contributed by atoms with E-state index >= 15 is 0 Å². The number of aliphatic hydroxyl groups is 1. The summed E-state index contributed by atoms with van der Waals surface area (Å²) in [6.45, 7) is 6.39. The first-order chi connectivity index (χ1) is 15.8. The van der Waals surface area contributed by atoms with Gasteiger partial charge in [-0.1, -0.05) is 36.4 Å². The normalized spacial score (nSPS) is 28.1. The van der Waals surface area contributed by atoms with E-state index in [1.165, 1.54) is 0 Å². The van der Waals surface area contributed by atoms with Crippen LogP contribution in [0.25, 0.3) is 10.9 Å². The van der Waals surface area contributed by atoms with Gasteiger partial charge in [-0.2, -0.15) is 13.2 Å². The maximum atomic E-state index is 13.1. The number of aliphatic hydroxyl groups excluding tert-OH is 1. The van der Waals surface area contributed by atoms with Crippen LogP contribution in [0.5, 0.6) is 0 Å². The number of alkyl halides is 3. The van der Waals surface area contributed by atoms with E-state index in [0.29, 0.717) is 22.9 Å². The minimum atomic E-state index is -4.34. The van der Waals surface area contributed by atoms with Crippen molar-refractivity contribution in [2.24, 2.45) is 11.8 Å². The van der Waals surface area contributed by atoms with Gasteiger partial charge in [0.05, 0.1) is 24.2 Å². The van der Waals surface area contributed by atoms with Crippen molar-refractivity contribution < 1.29 is 22.8 Å². The van der Waals surface area contributed by atoms with Crippen LogP contribution in [0.2, 0.25) is 0 Å². The van der Waals surface area contributed by atoms with Crippen molar-refractivity contribution in [3.05, 3.63) is 90.1 Å². The summed E-state index contributed by atoms with van der Waals surface area (Å²) in [6.07, 6.45) is 0.648. The fraction of sp³-hybridized carbons (Fsp3) is 0.370. The third-order valence-corrected chi connectivity index (χ3v) is 7.82. The van der Waals surface area contributed by atoms with Crippen LogP contribution < -0.4 is 0 Å². The molecule has 6 rings (SSSR count). The Balaban J connectivity index is 1.51. The highest BCUT2D eigenvalue weighted by molar-refractivity contribution is 5.82. The zero-order valence-electron chi connectivity index (χ0n) is 18.4. The Morgan fingerprint density at radius 1 is 1.12 bits per heavy atom. The van der Waals surface area contributed by atoms with Crippen molar-refractivity contribution in [2.75, 3.05) is 13.1 Å². The van der Waals surface area contributed by atoms with E-state index in [4.69, 9.17) is 0 Å². The number of pyridine rings is 1. The lowest BCUT2D eigenvalue weighted by atomic mass is 9.71. The Morgan fingerprint density at radius 3 is 2.61 bits per heavy atom. The monoisotopic (exact) mass is 453 g/mol. The molecule has 3 nitrogen and oxygen atoms in total. The van der Waals surface area contributed by atoms with Crippen LogP contribution in [-0.4, -0.2) is 33.7 Å². The van der Waals surface area contributed by atoms with Crippen molar-refractivity contribution >= 4 is 10.9 Å². The fourth-order valence-corrected chi connectivity index (χ4v) is 6.13. The number of nitrogens with zero attached hydrogens (tertiary/aromatic N) is 2. The highest BCUT2D eigenvalue weighted by atomic mass is 19.4. The lowest BCUT2D eigenvalue weighted by Crippen LogP contribution is -2.67. The van der Waals surface area contributed by atoms with E-state index in [0.717, 1.165) is 60.1 Å². The zero-order chi connectivity index (χ0) is 23.2. The van der Waals surface area contributed by atoms with E-state index in [2.05, 4.69) is 11.6 Å². The first-order valence-corrected chi connectivity index (χ1v) is 11.5. The topological polar surface area (TPSA) is 33.1 Å². The van der Waals surface area contributed by atoms with Gasteiger partial charge in [0.15, 0.2) is 0 Å². The SMILES string of the molecule is C=C[C@H]1C[N+]2(Cc3ccc(C(F)(F)F)cc3)CCC1CC2[C@@H](O)c1ccnc2ccccc12. The number of fused-ring (bicyclic) bond motifs is 4. The summed E-state index contributed by atoms with van der Waals surface area (Å²) in [5.74, 6) is 0.827. The molecule has 6 heteroatoms. The van der Waals surface area contributed by atoms with Gasteiger partial charge in [0, 0.05) is 35.9 Å². The molecular weight excluding hydrogens is 425 g/mol. The van der Waals surface area contributed by atoms with Gasteiger partial charge in [-0.25, -0.2) is 0 Å². The molecule has 2 bridgehead atoms. The second-order valence-corrected chi connectivity index (χ2v) is 9.59. The molecule has 3 aliphatic heterocycles. The summed E-state index contributed by atoms with van der Waals surface area (Å²) >= 11 is 0. The second-order valence-electron chi connectivity index (χ2n) is 9.59. The molecule has 1 N–H and O–H groups in total. The predicted molar refractivity (Wildman–Crippen MR) is 122 cm³/mol. The predicted octanol–water partition coefficient (Wildman–Crippen LogP) is 5.90. The summed E-state index contributed by atoms with van der Waals surface area (Å²) < 4.78 is 39.8. The van der Waals surface area contributed by atoms with Crippen molar-refractivity contribution in [3.8, 4) is 0 Å². The first kappa shape index (κ1) is 22.1. The minimum Gasteiger partial charge on any atom is -0.382 e. The largest absolute Gasteiger partial charge is 0.416 e. The number of quaternary nitrogens is 1. The third kappa shape index (κ3) is 3.96. The van der Waals surface area contributed by atoms with Crippen LogP contribution in [0.3, 0.4) is 0 Å². The Labute approximate surface area is 191 Å². The van der Waals surface area contributed by atoms with Gasteiger partial charge >= 0.3 is 6.18 Å². The zero-order valence-corrected chi connectivity index (χ0v) is 18.4. The molecule has 2 aromatic carbocycles. The average Bonchev–Trinajstić information content (AvgIpc) is 2.83. The van der Waals surface area contributed by atoms with E-state index in [9.17, 15) is 18.3 Å². The molecule has 33 heavy (non-hydrogen) atoms. The van der Waals surface area contributed by atoms with E-state index < -0.39 is 17.8 Å². The van der Waals surface area contributed by atoms with E-state index in [1.807, 2.05) is 36.4 Å². The molecule has 3 unspecified atom stereocenters. The van der Waals surface area contributed by atoms with Crippen molar-refractivity contribution in [3.63, 3.8) is 0 Å². The number of rotatable bonds is 5. The Kier molecular flexibility index (Phi) is 5.53. The second kappa shape index (κ2) is 8.26. The van der Waals surface area contributed by atoms with E-state index in [1.54, 1.807) is 18.3 Å². The molecule has 0 spiro atoms. The van der Waals surface area contributed by atoms with Gasteiger partial charge in [0.25, 0.3) is 0 Å². The molecule has 0 aliphatic carbocycles. The highest BCUT2D eigenvalue weighted by Gasteiger charge is 2.54. The van der Waals surface area contributed by atoms with Crippen LogP contribution in [-0.2, 0) is 12.7 Å². The van der Waals surface area contributed by atoms with Gasteiger partial charge in [-0.3, -0.25) is 4.98 Å². The third-order valence-electron chi connectivity index (χ3n) is 7.82. The van der Waals surface area contributed by atoms with Crippen LogP contribution in [0, 0.1) is 11.8 Å². The molecule has 4 heterocycles. The van der Waals surface area contributed by atoms with Crippen molar-refractivity contribution in [1.82, 2.24) is 4.98 Å². The summed E-state index contributed by atoms with van der Waals surface area (Å²) in [6, 6.07) is 15.2. The number of hydrogen-bond donors (Lipinski definition) is 1. The number of hydrogen-bond acceptors (Lipinski definition) is 2. The molecule has 3 fully saturated rings. The first-order valence-electron chi connectivity index (χ1n) is 11.5. The molecule has 0 saturated carbocycles. The lowest BCUT2D eigenvalue weighted by Gasteiger charge is -2.58. The molecule has 5 atom stereocenters. The lowest BCUT2D eigenvalue weighted by molar-refractivity contribution is -0.984. The van der Waals surface area contributed by atoms with Gasteiger partial charge in [0.1, 0.15) is 18.7 Å². The maximum absolute atomic E-state index is 13.1. The molecule has 1 aromatic heterocycles. The molecule has 0 radical (unpaired) electrons. The smallest absolute Gasteiger partial charge is 0.382 e. The van der Waals surface area contributed by atoms with Crippen LogP contribution in [0.1, 0.15) is 35.6 Å². The van der Waals surface area contributed by atoms with Crippen molar-refractivity contribution in [2.45, 2.75) is 37.7 Å². The fourth-order valence-electron chi connectivity index (χ4n) is 6.13. The average molecular weight is 454 g/mol. The molecule has 3 aliphatic rings. The van der Waals surface area contributed by atoms with Crippen LogP contribution >= 0.6 is 0 Å². The number of benzene rings is 2. The van der Waals surface area contributed by atoms with Crippen LogP contribution in [0.15, 0.2) is 73.4 Å². The molecule has 3 saturated heterocycles. The van der Waals surface area contributed by atoms with Gasteiger partial charge in [-0.05, 0) is 35.7 Å². The standard InChI is InChI=1S/C27H28F3N2O/c1-2-19-17-32(16-18-7-9-21(10-8-18)27(28,29)30)14-12-20(19)15-25(32)26(33)23-11-13-31-24-6-4-3-5-22(23)24/h2-11,13,19-20,25-26,33H,1,12,14-17H2/q+1/t19-,20?,25?,26-,32?/m0/s1. The Bertz CT molecular complexity index is 1150. The number of piperidine rings is 3. The minimum absolute atomic E-state index is 0.0342. The van der Waals surface area contributed by atoms with Crippen molar-refractivity contribution in [1.29, 1.82) is 0 Å².